The maximum Gasteiger partial charge on any atom is 0.291 e. The second-order valence-corrected chi connectivity index (χ2v) is 17.6. The lowest BCUT2D eigenvalue weighted by Gasteiger charge is -2.24. The first-order valence-corrected chi connectivity index (χ1v) is 23.0. The first-order chi connectivity index (χ1) is 29.4. The number of likely N-dealkylation sites (N-methyl/N-ethyl adjacent to an activating group) is 1. The van der Waals surface area contributed by atoms with E-state index >= 15 is 0 Å². The second-order valence-electron chi connectivity index (χ2n) is 16.8. The molecule has 2 fully saturated rings. The summed E-state index contributed by atoms with van der Waals surface area (Å²) in [7, 11) is 4.76. The summed E-state index contributed by atoms with van der Waals surface area (Å²) in [5, 5.41) is 13.6. The lowest BCUT2D eigenvalue weighted by molar-refractivity contribution is -0.111. The van der Waals surface area contributed by atoms with Crippen LogP contribution < -0.4 is 10.6 Å². The van der Waals surface area contributed by atoms with Crippen molar-refractivity contribution in [1.82, 2.24) is 24.0 Å². The number of aldehydes is 1. The molecule has 7 rings (SSSR count). The Kier molecular flexibility index (Phi) is 20.0. The van der Waals surface area contributed by atoms with Crippen LogP contribution in [-0.4, -0.2) is 67.4 Å². The van der Waals surface area contributed by atoms with Gasteiger partial charge in [-0.25, -0.2) is 9.97 Å². The zero-order chi connectivity index (χ0) is 44.6. The summed E-state index contributed by atoms with van der Waals surface area (Å²) in [5.74, 6) is 2.01. The van der Waals surface area contributed by atoms with Crippen LogP contribution in [0.15, 0.2) is 36.4 Å². The summed E-state index contributed by atoms with van der Waals surface area (Å²) >= 11 is 13.8. The highest BCUT2D eigenvalue weighted by Gasteiger charge is 2.26. The van der Waals surface area contributed by atoms with Crippen LogP contribution in [-0.2, 0) is 44.7 Å². The SMILES string of the molecule is CC1CCCC1.CCc1nc(C(=O)Nc2cccc(-c3cccc(NC(=O)c4nc5c(n4C)CCN(CC)C5)c3Cl)c2Cl)n(C)c1CCC(C)C.CO.O=CC1CCCCC1. The van der Waals surface area contributed by atoms with Gasteiger partial charge in [-0.3, -0.25) is 14.5 Å². The van der Waals surface area contributed by atoms with Crippen LogP contribution in [0.25, 0.3) is 11.1 Å². The highest BCUT2D eigenvalue weighted by atomic mass is 35.5. The van der Waals surface area contributed by atoms with Gasteiger partial charge >= 0.3 is 0 Å². The van der Waals surface area contributed by atoms with Gasteiger partial charge in [-0.1, -0.05) is 127 Å². The number of halogens is 2. The van der Waals surface area contributed by atoms with E-state index in [0.717, 1.165) is 100 Å². The topological polar surface area (TPSA) is 134 Å². The fourth-order valence-corrected chi connectivity index (χ4v) is 8.85. The predicted molar refractivity (Wildman–Crippen MR) is 250 cm³/mol. The Morgan fingerprint density at radius 1 is 0.836 bits per heavy atom. The maximum absolute atomic E-state index is 13.4. The van der Waals surface area contributed by atoms with Crippen LogP contribution in [0.4, 0.5) is 11.4 Å². The summed E-state index contributed by atoms with van der Waals surface area (Å²) in [4.78, 5) is 48.6. The molecule has 0 unspecified atom stereocenters. The van der Waals surface area contributed by atoms with Crippen molar-refractivity contribution >= 4 is 52.7 Å². The van der Waals surface area contributed by atoms with Crippen molar-refractivity contribution in [1.29, 1.82) is 0 Å². The van der Waals surface area contributed by atoms with Gasteiger partial charge in [-0.2, -0.15) is 0 Å². The number of imidazole rings is 2. The summed E-state index contributed by atoms with van der Waals surface area (Å²) in [6, 6.07) is 10.8. The van der Waals surface area contributed by atoms with E-state index in [1.807, 2.05) is 42.3 Å². The standard InChI is InChI=1S/C34H41Cl2N7O2.C7H12O.C6H12.CH4O/c1-7-23-27(16-15-20(3)4)41(5)31(37-23)33(44)39-24-13-9-11-21(29(24)35)22-12-10-14-25(30(22)36)40-34(45)32-38-26-19-43(8-2)18-17-28(26)42(32)6;8-6-7-4-2-1-3-5-7;1-6-4-2-3-5-6;1-2/h9-14,20H,7-8,15-19H2,1-6H3,(H,39,44)(H,40,45);6-7H,1-5H2;6H,2-5H2,1H3;2H,1H3. The normalized spacial score (nSPS) is 15.4. The molecule has 0 radical (unpaired) electrons. The molecule has 0 spiro atoms. The summed E-state index contributed by atoms with van der Waals surface area (Å²) in [5.41, 5.74) is 6.15. The number of aliphatic hydroxyl groups excluding tert-OH is 1. The van der Waals surface area contributed by atoms with E-state index in [0.29, 0.717) is 56.0 Å². The van der Waals surface area contributed by atoms with Gasteiger partial charge in [0.05, 0.1) is 32.8 Å². The van der Waals surface area contributed by atoms with Crippen molar-refractivity contribution in [3.63, 3.8) is 0 Å². The highest BCUT2D eigenvalue weighted by molar-refractivity contribution is 6.40. The first kappa shape index (κ1) is 49.6. The molecule has 0 atom stereocenters. The number of hydrogen-bond acceptors (Lipinski definition) is 7. The Morgan fingerprint density at radius 2 is 1.38 bits per heavy atom. The number of benzene rings is 2. The lowest BCUT2D eigenvalue weighted by Crippen LogP contribution is -2.30. The number of aromatic nitrogens is 4. The molecule has 0 bridgehead atoms. The number of aliphatic hydroxyl groups is 1. The van der Waals surface area contributed by atoms with Crippen molar-refractivity contribution < 1.29 is 19.5 Å². The molecule has 11 nitrogen and oxygen atoms in total. The summed E-state index contributed by atoms with van der Waals surface area (Å²) < 4.78 is 3.76. The van der Waals surface area contributed by atoms with Crippen LogP contribution in [0.2, 0.25) is 10.0 Å². The average Bonchev–Trinajstić information content (AvgIpc) is 3.99. The van der Waals surface area contributed by atoms with Gasteiger partial charge in [0.25, 0.3) is 11.8 Å². The Labute approximate surface area is 374 Å². The van der Waals surface area contributed by atoms with Crippen LogP contribution in [0.5, 0.6) is 0 Å². The molecular weight excluding hydrogens is 809 g/mol. The van der Waals surface area contributed by atoms with Crippen molar-refractivity contribution in [3.05, 3.63) is 80.9 Å². The molecule has 13 heteroatoms. The number of carbonyl (C=O) groups is 3. The molecule has 2 aliphatic carbocycles. The van der Waals surface area contributed by atoms with E-state index in [2.05, 4.69) is 53.2 Å². The van der Waals surface area contributed by atoms with E-state index in [4.69, 9.17) is 28.3 Å². The molecule has 4 aromatic rings. The molecule has 2 amide bonds. The Bertz CT molecular complexity index is 2050. The van der Waals surface area contributed by atoms with Gasteiger partial charge in [-0.15, -0.1) is 0 Å². The number of fused-ring (bicyclic) bond motifs is 1. The molecule has 2 saturated carbocycles. The molecule has 2 aromatic carbocycles. The molecule has 3 N–H and O–H groups in total. The maximum atomic E-state index is 13.4. The number of anilines is 2. The van der Waals surface area contributed by atoms with Gasteiger partial charge in [-0.05, 0) is 62.6 Å². The predicted octanol–water partition coefficient (Wildman–Crippen LogP) is 10.7. The van der Waals surface area contributed by atoms with Crippen LogP contribution in [0, 0.1) is 17.8 Å². The Hall–Kier alpha value is -4.03. The van der Waals surface area contributed by atoms with Gasteiger partial charge in [0.1, 0.15) is 6.29 Å². The fourth-order valence-electron chi connectivity index (χ4n) is 8.30. The number of aryl methyl sites for hydroxylation is 1. The van der Waals surface area contributed by atoms with Gasteiger partial charge < -0.3 is 29.7 Å². The fraction of sp³-hybridized carbons (Fsp3) is 0.562. The number of carbonyl (C=O) groups excluding carboxylic acids is 3. The van der Waals surface area contributed by atoms with Crippen LogP contribution in [0.1, 0.15) is 143 Å². The number of hydrogen-bond donors (Lipinski definition) is 3. The van der Waals surface area contributed by atoms with Gasteiger partial charge in [0.2, 0.25) is 0 Å². The second kappa shape index (κ2) is 24.6. The molecule has 0 saturated heterocycles. The largest absolute Gasteiger partial charge is 0.400 e. The number of nitrogens with one attached hydrogen (secondary N) is 2. The van der Waals surface area contributed by atoms with E-state index in [1.54, 1.807) is 24.3 Å². The monoisotopic (exact) mass is 877 g/mol. The molecular formula is C48H69Cl2N7O4. The summed E-state index contributed by atoms with van der Waals surface area (Å²) in [6.45, 7) is 13.5. The third kappa shape index (κ3) is 13.2. The number of amides is 2. The van der Waals surface area contributed by atoms with E-state index in [1.165, 1.54) is 44.9 Å². The molecule has 1 aliphatic heterocycles. The third-order valence-corrected chi connectivity index (χ3v) is 12.9. The number of nitrogens with zero attached hydrogens (tertiary/aromatic N) is 5. The first-order valence-electron chi connectivity index (χ1n) is 22.3. The minimum atomic E-state index is -0.339. The van der Waals surface area contributed by atoms with Crippen molar-refractivity contribution in [2.75, 3.05) is 30.8 Å². The van der Waals surface area contributed by atoms with Crippen LogP contribution >= 0.6 is 23.2 Å². The minimum absolute atomic E-state index is 0.332. The number of rotatable bonds is 11. The molecule has 3 aliphatic rings. The van der Waals surface area contributed by atoms with Crippen LogP contribution in [0.3, 0.4) is 0 Å². The zero-order valence-corrected chi connectivity index (χ0v) is 39.3. The summed E-state index contributed by atoms with van der Waals surface area (Å²) in [6.07, 6.45) is 16.7. The van der Waals surface area contributed by atoms with E-state index < -0.39 is 0 Å². The molecule has 3 heterocycles. The highest BCUT2D eigenvalue weighted by Crippen LogP contribution is 2.40. The quantitative estimate of drug-likeness (QED) is 0.128. The smallest absolute Gasteiger partial charge is 0.291 e. The lowest BCUT2D eigenvalue weighted by atomic mass is 9.91. The van der Waals surface area contributed by atoms with Crippen molar-refractivity contribution in [3.8, 4) is 11.1 Å². The average molecular weight is 879 g/mol. The molecule has 334 valence electrons. The minimum Gasteiger partial charge on any atom is -0.400 e. The third-order valence-electron chi connectivity index (χ3n) is 12.0. The zero-order valence-electron chi connectivity index (χ0n) is 37.8. The Morgan fingerprint density at radius 3 is 1.84 bits per heavy atom. The molecule has 2 aromatic heterocycles. The molecule has 61 heavy (non-hydrogen) atoms. The van der Waals surface area contributed by atoms with E-state index in [9.17, 15) is 14.4 Å². The van der Waals surface area contributed by atoms with Crippen molar-refractivity contribution in [2.24, 2.45) is 31.8 Å². The van der Waals surface area contributed by atoms with Gasteiger partial charge in [0.15, 0.2) is 11.6 Å². The van der Waals surface area contributed by atoms with E-state index in [-0.39, 0.29) is 11.8 Å². The van der Waals surface area contributed by atoms with Crippen molar-refractivity contribution in [2.45, 2.75) is 125 Å². The van der Waals surface area contributed by atoms with Gasteiger partial charge in [0, 0.05) is 69.1 Å². The Balaban J connectivity index is 0.000000427.